The molecule has 0 radical (unpaired) electrons. The fourth-order valence-electron chi connectivity index (χ4n) is 3.41. The first-order valence-electron chi connectivity index (χ1n) is 10.3. The lowest BCUT2D eigenvalue weighted by Crippen LogP contribution is -1.95. The number of allylic oxidation sites excluding steroid dienone is 1. The maximum atomic E-state index is 12.7. The molecule has 5 heteroatoms. The van der Waals surface area contributed by atoms with E-state index < -0.39 is 0 Å². The summed E-state index contributed by atoms with van der Waals surface area (Å²) in [6, 6.07) is 23.1. The van der Waals surface area contributed by atoms with E-state index in [4.69, 9.17) is 14.6 Å². The Balaban J connectivity index is 1.76. The van der Waals surface area contributed by atoms with Crippen molar-refractivity contribution in [3.8, 4) is 28.4 Å². The van der Waals surface area contributed by atoms with Gasteiger partial charge in [-0.2, -0.15) is 5.10 Å². The van der Waals surface area contributed by atoms with Crippen molar-refractivity contribution in [2.45, 2.75) is 6.92 Å². The van der Waals surface area contributed by atoms with Gasteiger partial charge in [0.1, 0.15) is 5.69 Å². The molecule has 0 N–H and O–H groups in total. The Kier molecular flexibility index (Phi) is 6.17. The molecule has 0 aliphatic rings. The maximum Gasteiger partial charge on any atom is 0.185 e. The number of methoxy groups -OCH3 is 2. The molecule has 0 saturated heterocycles. The lowest BCUT2D eigenvalue weighted by atomic mass is 10.0. The van der Waals surface area contributed by atoms with Crippen molar-refractivity contribution < 1.29 is 14.3 Å². The number of hydrogen-bond acceptors (Lipinski definition) is 4. The SMILES string of the molecule is COc1ccc(-c2nn(-c3ccccc3)cc2/C=C/C(=O)c2ccc(C)cc2)cc1OC. The van der Waals surface area contributed by atoms with E-state index in [0.717, 1.165) is 28.1 Å². The number of aromatic nitrogens is 2. The number of carbonyl (C=O) groups excluding carboxylic acids is 1. The van der Waals surface area contributed by atoms with Gasteiger partial charge in [-0.25, -0.2) is 4.68 Å². The van der Waals surface area contributed by atoms with Crippen molar-refractivity contribution >= 4 is 11.9 Å². The summed E-state index contributed by atoms with van der Waals surface area (Å²) in [6.07, 6.45) is 5.31. The van der Waals surface area contributed by atoms with Crippen LogP contribution in [0.15, 0.2) is 85.1 Å². The highest BCUT2D eigenvalue weighted by atomic mass is 16.5. The number of ether oxygens (including phenoxy) is 2. The number of nitrogens with zero attached hydrogens (tertiary/aromatic N) is 2. The van der Waals surface area contributed by atoms with Crippen LogP contribution in [0.2, 0.25) is 0 Å². The van der Waals surface area contributed by atoms with Gasteiger partial charge in [0, 0.05) is 22.9 Å². The normalized spacial score (nSPS) is 11.0. The minimum absolute atomic E-state index is 0.0595. The van der Waals surface area contributed by atoms with E-state index in [-0.39, 0.29) is 5.78 Å². The van der Waals surface area contributed by atoms with Crippen LogP contribution in [0.1, 0.15) is 21.5 Å². The summed E-state index contributed by atoms with van der Waals surface area (Å²) in [4.78, 5) is 12.7. The summed E-state index contributed by atoms with van der Waals surface area (Å²) in [7, 11) is 3.21. The van der Waals surface area contributed by atoms with Crippen molar-refractivity contribution in [1.29, 1.82) is 0 Å². The van der Waals surface area contributed by atoms with Crippen LogP contribution in [0, 0.1) is 6.92 Å². The third-order valence-corrected chi connectivity index (χ3v) is 5.17. The van der Waals surface area contributed by atoms with E-state index >= 15 is 0 Å². The van der Waals surface area contributed by atoms with Crippen molar-refractivity contribution in [2.75, 3.05) is 14.2 Å². The predicted molar refractivity (Wildman–Crippen MR) is 127 cm³/mol. The summed E-state index contributed by atoms with van der Waals surface area (Å²) in [5.74, 6) is 1.20. The van der Waals surface area contributed by atoms with E-state index in [0.29, 0.717) is 17.1 Å². The van der Waals surface area contributed by atoms with Crippen LogP contribution in [0.25, 0.3) is 23.0 Å². The van der Waals surface area contributed by atoms with Gasteiger partial charge in [0.25, 0.3) is 0 Å². The smallest absolute Gasteiger partial charge is 0.185 e. The number of rotatable bonds is 7. The van der Waals surface area contributed by atoms with Crippen molar-refractivity contribution in [1.82, 2.24) is 9.78 Å². The lowest BCUT2D eigenvalue weighted by Gasteiger charge is -2.09. The fraction of sp³-hybridized carbons (Fsp3) is 0.111. The van der Waals surface area contributed by atoms with Crippen LogP contribution in [0.5, 0.6) is 11.5 Å². The Bertz CT molecular complexity index is 1260. The molecule has 0 atom stereocenters. The van der Waals surface area contributed by atoms with Gasteiger partial charge in [0.05, 0.1) is 19.9 Å². The molecule has 4 aromatic rings. The Morgan fingerprint density at radius 3 is 2.31 bits per heavy atom. The van der Waals surface area contributed by atoms with Gasteiger partial charge in [0.15, 0.2) is 17.3 Å². The number of ketones is 1. The van der Waals surface area contributed by atoms with Gasteiger partial charge in [-0.3, -0.25) is 4.79 Å². The lowest BCUT2D eigenvalue weighted by molar-refractivity contribution is 0.104. The third-order valence-electron chi connectivity index (χ3n) is 5.17. The highest BCUT2D eigenvalue weighted by molar-refractivity contribution is 6.07. The molecule has 0 fully saturated rings. The van der Waals surface area contributed by atoms with E-state index in [9.17, 15) is 4.79 Å². The van der Waals surface area contributed by atoms with Crippen LogP contribution in [0.3, 0.4) is 0 Å². The molecule has 32 heavy (non-hydrogen) atoms. The Morgan fingerprint density at radius 2 is 1.62 bits per heavy atom. The van der Waals surface area contributed by atoms with Gasteiger partial charge < -0.3 is 9.47 Å². The van der Waals surface area contributed by atoms with Gasteiger partial charge in [-0.15, -0.1) is 0 Å². The summed E-state index contributed by atoms with van der Waals surface area (Å²) in [5.41, 5.74) is 5.11. The van der Waals surface area contributed by atoms with Crippen LogP contribution in [0.4, 0.5) is 0 Å². The van der Waals surface area contributed by atoms with E-state index in [1.807, 2.05) is 90.6 Å². The number of para-hydroxylation sites is 1. The zero-order valence-electron chi connectivity index (χ0n) is 18.3. The standard InChI is InChI=1S/C27H24N2O3/c1-19-9-11-20(12-10-19)24(30)15-13-22-18-29(23-7-5-4-6-8-23)28-27(22)21-14-16-25(31-2)26(17-21)32-3/h4-18H,1-3H3/b15-13+. The molecule has 0 aliphatic carbocycles. The fourth-order valence-corrected chi connectivity index (χ4v) is 3.41. The number of hydrogen-bond donors (Lipinski definition) is 0. The second kappa shape index (κ2) is 9.35. The Morgan fingerprint density at radius 1 is 0.906 bits per heavy atom. The zero-order chi connectivity index (χ0) is 22.5. The molecule has 0 bridgehead atoms. The number of aryl methyl sites for hydroxylation is 1. The summed E-state index contributed by atoms with van der Waals surface area (Å²) < 4.78 is 12.6. The van der Waals surface area contributed by atoms with Crippen LogP contribution < -0.4 is 9.47 Å². The van der Waals surface area contributed by atoms with Gasteiger partial charge in [-0.05, 0) is 49.4 Å². The van der Waals surface area contributed by atoms with Gasteiger partial charge in [0.2, 0.25) is 0 Å². The summed E-state index contributed by atoms with van der Waals surface area (Å²) >= 11 is 0. The zero-order valence-corrected chi connectivity index (χ0v) is 18.3. The molecule has 5 nitrogen and oxygen atoms in total. The van der Waals surface area contributed by atoms with Crippen LogP contribution >= 0.6 is 0 Å². The quantitative estimate of drug-likeness (QED) is 0.280. The molecule has 4 rings (SSSR count). The van der Waals surface area contributed by atoms with Crippen LogP contribution in [-0.2, 0) is 0 Å². The molecular formula is C27H24N2O3. The van der Waals surface area contributed by atoms with Gasteiger partial charge in [-0.1, -0.05) is 48.0 Å². The van der Waals surface area contributed by atoms with Crippen LogP contribution in [-0.4, -0.2) is 29.8 Å². The molecular weight excluding hydrogens is 400 g/mol. The summed E-state index contributed by atoms with van der Waals surface area (Å²) in [6.45, 7) is 2.00. The van der Waals surface area contributed by atoms with E-state index in [2.05, 4.69) is 0 Å². The molecule has 0 spiro atoms. The monoisotopic (exact) mass is 424 g/mol. The second-order valence-corrected chi connectivity index (χ2v) is 7.35. The molecule has 0 unspecified atom stereocenters. The largest absolute Gasteiger partial charge is 0.493 e. The van der Waals surface area contributed by atoms with Crippen molar-refractivity contribution in [3.05, 3.63) is 102 Å². The first kappa shape index (κ1) is 21.1. The number of benzene rings is 3. The molecule has 0 aliphatic heterocycles. The van der Waals surface area contributed by atoms with E-state index in [1.54, 1.807) is 26.4 Å². The molecule has 160 valence electrons. The first-order chi connectivity index (χ1) is 15.6. The Labute approximate surface area is 187 Å². The molecule has 1 heterocycles. The predicted octanol–water partition coefficient (Wildman–Crippen LogP) is 5.76. The third kappa shape index (κ3) is 4.47. The Hall–Kier alpha value is -4.12. The summed E-state index contributed by atoms with van der Waals surface area (Å²) in [5, 5.41) is 4.80. The minimum Gasteiger partial charge on any atom is -0.493 e. The highest BCUT2D eigenvalue weighted by Gasteiger charge is 2.14. The topological polar surface area (TPSA) is 53.4 Å². The van der Waals surface area contributed by atoms with Crippen molar-refractivity contribution in [3.63, 3.8) is 0 Å². The molecule has 1 aromatic heterocycles. The highest BCUT2D eigenvalue weighted by Crippen LogP contribution is 2.33. The average molecular weight is 425 g/mol. The second-order valence-electron chi connectivity index (χ2n) is 7.35. The minimum atomic E-state index is -0.0595. The van der Waals surface area contributed by atoms with E-state index in [1.165, 1.54) is 0 Å². The molecule has 3 aromatic carbocycles. The van der Waals surface area contributed by atoms with Crippen molar-refractivity contribution in [2.24, 2.45) is 0 Å². The average Bonchev–Trinajstić information content (AvgIpc) is 3.27. The maximum absolute atomic E-state index is 12.7. The molecule has 0 saturated carbocycles. The first-order valence-corrected chi connectivity index (χ1v) is 10.3. The van der Waals surface area contributed by atoms with Gasteiger partial charge >= 0.3 is 0 Å². The number of carbonyl (C=O) groups is 1. The molecule has 0 amide bonds.